The molecule has 0 fully saturated rings. The van der Waals surface area contributed by atoms with E-state index < -0.39 is 17.7 Å². The van der Waals surface area contributed by atoms with Crippen LogP contribution in [0.2, 0.25) is 10.0 Å². The normalized spacial score (nSPS) is 12.3. The van der Waals surface area contributed by atoms with Gasteiger partial charge in [0.1, 0.15) is 5.75 Å². The number of nitrogens with one attached hydrogen (secondary N) is 1. The number of benzene rings is 2. The number of aliphatic carboxylic acids is 1. The van der Waals surface area contributed by atoms with E-state index in [-0.39, 0.29) is 12.3 Å². The third-order valence-corrected chi connectivity index (χ3v) is 5.08. The van der Waals surface area contributed by atoms with Crippen LogP contribution in [0.1, 0.15) is 25.0 Å². The van der Waals surface area contributed by atoms with Gasteiger partial charge in [-0.05, 0) is 55.7 Å². The fourth-order valence-corrected chi connectivity index (χ4v) is 3.31. The first-order chi connectivity index (χ1) is 14.1. The number of hydrogen-bond acceptors (Lipinski definition) is 4. The van der Waals surface area contributed by atoms with Gasteiger partial charge < -0.3 is 19.9 Å². The number of halogens is 2. The van der Waals surface area contributed by atoms with Crippen LogP contribution in [0.5, 0.6) is 5.75 Å². The molecule has 8 heteroatoms. The van der Waals surface area contributed by atoms with Crippen molar-refractivity contribution in [2.45, 2.75) is 38.4 Å². The minimum atomic E-state index is -1.13. The molecule has 2 aromatic rings. The van der Waals surface area contributed by atoms with E-state index in [1.807, 2.05) is 6.07 Å². The number of carbonyl (C=O) groups is 2. The Morgan fingerprint density at radius 2 is 1.90 bits per heavy atom. The third-order valence-electron chi connectivity index (χ3n) is 4.49. The SMILES string of the molecule is CO[C@@H](Cc1cccc(OC(C)(C)C(=O)NCCc2ccc(Cl)cc2Cl)c1)C(=O)O. The first-order valence-electron chi connectivity index (χ1n) is 9.38. The summed E-state index contributed by atoms with van der Waals surface area (Å²) in [5, 5.41) is 13.1. The monoisotopic (exact) mass is 453 g/mol. The Morgan fingerprint density at radius 1 is 1.17 bits per heavy atom. The van der Waals surface area contributed by atoms with Gasteiger partial charge in [-0.2, -0.15) is 0 Å². The van der Waals surface area contributed by atoms with Gasteiger partial charge in [0, 0.05) is 30.1 Å². The van der Waals surface area contributed by atoms with E-state index in [2.05, 4.69) is 5.32 Å². The largest absolute Gasteiger partial charge is 0.479 e. The number of carboxylic acids is 1. The lowest BCUT2D eigenvalue weighted by atomic mass is 10.1. The van der Waals surface area contributed by atoms with Crippen LogP contribution in [-0.4, -0.2) is 42.3 Å². The molecule has 0 spiro atoms. The van der Waals surface area contributed by atoms with Crippen LogP contribution in [0, 0.1) is 0 Å². The van der Waals surface area contributed by atoms with E-state index in [1.165, 1.54) is 7.11 Å². The second kappa shape index (κ2) is 10.7. The summed E-state index contributed by atoms with van der Waals surface area (Å²) in [6.07, 6.45) is -0.199. The topological polar surface area (TPSA) is 84.9 Å². The van der Waals surface area contributed by atoms with Crippen LogP contribution in [-0.2, 0) is 27.2 Å². The smallest absolute Gasteiger partial charge is 0.333 e. The Morgan fingerprint density at radius 3 is 2.53 bits per heavy atom. The summed E-state index contributed by atoms with van der Waals surface area (Å²) in [6, 6.07) is 12.2. The quantitative estimate of drug-likeness (QED) is 0.564. The predicted molar refractivity (Wildman–Crippen MR) is 116 cm³/mol. The molecule has 0 heterocycles. The average Bonchev–Trinajstić information content (AvgIpc) is 2.67. The number of carbonyl (C=O) groups excluding carboxylic acids is 1. The van der Waals surface area contributed by atoms with Crippen molar-refractivity contribution in [1.29, 1.82) is 0 Å². The summed E-state index contributed by atoms with van der Waals surface area (Å²) in [5.41, 5.74) is 0.491. The molecular formula is C22H25Cl2NO5. The van der Waals surface area contributed by atoms with Gasteiger partial charge in [0.2, 0.25) is 0 Å². The molecule has 0 aromatic heterocycles. The van der Waals surface area contributed by atoms with Crippen molar-refractivity contribution in [3.05, 3.63) is 63.6 Å². The van der Waals surface area contributed by atoms with E-state index in [1.54, 1.807) is 50.2 Å². The molecule has 162 valence electrons. The maximum atomic E-state index is 12.6. The van der Waals surface area contributed by atoms with Gasteiger partial charge in [0.25, 0.3) is 5.91 Å². The van der Waals surface area contributed by atoms with Crippen molar-refractivity contribution in [3.63, 3.8) is 0 Å². The second-order valence-electron chi connectivity index (χ2n) is 7.27. The number of methoxy groups -OCH3 is 1. The molecule has 1 atom stereocenters. The molecule has 0 saturated heterocycles. The number of amides is 1. The van der Waals surface area contributed by atoms with Crippen LogP contribution in [0.3, 0.4) is 0 Å². The first-order valence-corrected chi connectivity index (χ1v) is 10.1. The lowest BCUT2D eigenvalue weighted by Crippen LogP contribution is -2.47. The maximum Gasteiger partial charge on any atom is 0.333 e. The zero-order valence-electron chi connectivity index (χ0n) is 17.1. The van der Waals surface area contributed by atoms with Crippen LogP contribution >= 0.6 is 23.2 Å². The Kier molecular flexibility index (Phi) is 8.53. The van der Waals surface area contributed by atoms with Gasteiger partial charge in [-0.15, -0.1) is 0 Å². The highest BCUT2D eigenvalue weighted by Crippen LogP contribution is 2.22. The highest BCUT2D eigenvalue weighted by atomic mass is 35.5. The number of carboxylic acid groups (broad SMARTS) is 1. The minimum Gasteiger partial charge on any atom is -0.479 e. The average molecular weight is 454 g/mol. The molecular weight excluding hydrogens is 429 g/mol. The molecule has 30 heavy (non-hydrogen) atoms. The minimum absolute atomic E-state index is 0.192. The van der Waals surface area contributed by atoms with Crippen LogP contribution in [0.25, 0.3) is 0 Å². The lowest BCUT2D eigenvalue weighted by Gasteiger charge is -2.25. The molecule has 0 saturated carbocycles. The van der Waals surface area contributed by atoms with E-state index in [0.717, 1.165) is 11.1 Å². The molecule has 6 nitrogen and oxygen atoms in total. The van der Waals surface area contributed by atoms with Crippen molar-refractivity contribution in [3.8, 4) is 5.75 Å². The molecule has 0 bridgehead atoms. The fourth-order valence-electron chi connectivity index (χ4n) is 2.81. The molecule has 0 aliphatic rings. The third kappa shape index (κ3) is 6.90. The molecule has 0 radical (unpaired) electrons. The highest BCUT2D eigenvalue weighted by Gasteiger charge is 2.30. The molecule has 2 N–H and O–H groups in total. The van der Waals surface area contributed by atoms with Crippen molar-refractivity contribution in [2.75, 3.05) is 13.7 Å². The number of ether oxygens (including phenoxy) is 2. The Hall–Kier alpha value is -2.28. The lowest BCUT2D eigenvalue weighted by molar-refractivity contribution is -0.148. The summed E-state index contributed by atoms with van der Waals surface area (Å²) in [5.74, 6) is -0.851. The molecule has 0 unspecified atom stereocenters. The van der Waals surface area contributed by atoms with Crippen LogP contribution in [0.15, 0.2) is 42.5 Å². The van der Waals surface area contributed by atoms with Gasteiger partial charge in [-0.3, -0.25) is 4.79 Å². The first kappa shape index (κ1) is 24.0. The van der Waals surface area contributed by atoms with Crippen LogP contribution in [0.4, 0.5) is 0 Å². The van der Waals surface area contributed by atoms with E-state index in [4.69, 9.17) is 37.8 Å². The van der Waals surface area contributed by atoms with Gasteiger partial charge in [0.15, 0.2) is 11.7 Å². The maximum absolute atomic E-state index is 12.6. The number of rotatable bonds is 10. The zero-order chi connectivity index (χ0) is 22.3. The Balaban J connectivity index is 1.95. The zero-order valence-corrected chi connectivity index (χ0v) is 18.6. The van der Waals surface area contributed by atoms with E-state index in [9.17, 15) is 9.59 Å². The summed E-state index contributed by atoms with van der Waals surface area (Å²) in [7, 11) is 1.35. The highest BCUT2D eigenvalue weighted by molar-refractivity contribution is 6.35. The molecule has 0 aliphatic carbocycles. The van der Waals surface area contributed by atoms with Crippen molar-refractivity contribution < 1.29 is 24.2 Å². The second-order valence-corrected chi connectivity index (χ2v) is 8.11. The summed E-state index contributed by atoms with van der Waals surface area (Å²) in [6.45, 7) is 3.72. The van der Waals surface area contributed by atoms with Crippen molar-refractivity contribution in [2.24, 2.45) is 0 Å². The van der Waals surface area contributed by atoms with E-state index in [0.29, 0.717) is 28.8 Å². The van der Waals surface area contributed by atoms with Gasteiger partial charge in [-0.25, -0.2) is 4.79 Å². The Bertz CT molecular complexity index is 901. The van der Waals surface area contributed by atoms with Crippen molar-refractivity contribution >= 4 is 35.1 Å². The van der Waals surface area contributed by atoms with Gasteiger partial charge >= 0.3 is 5.97 Å². The summed E-state index contributed by atoms with van der Waals surface area (Å²) in [4.78, 5) is 23.8. The molecule has 2 aromatic carbocycles. The standard InChI is InChI=1S/C22H25Cl2NO5/c1-22(2,21(28)25-10-9-15-7-8-16(23)13-18(15)24)30-17-6-4-5-14(11-17)12-19(29-3)20(26)27/h4-8,11,13,19H,9-10,12H2,1-3H3,(H,25,28)(H,26,27)/t19-/m0/s1. The molecule has 0 aliphatic heterocycles. The Labute approximate surface area is 186 Å². The number of hydrogen-bond donors (Lipinski definition) is 2. The predicted octanol–water partition coefficient (Wildman–Crippen LogP) is 4.15. The molecule has 2 rings (SSSR count). The van der Waals surface area contributed by atoms with E-state index >= 15 is 0 Å². The summed E-state index contributed by atoms with van der Waals surface area (Å²) >= 11 is 12.0. The fraction of sp³-hybridized carbons (Fsp3) is 0.364. The van der Waals surface area contributed by atoms with Gasteiger partial charge in [-0.1, -0.05) is 41.4 Å². The summed E-state index contributed by atoms with van der Waals surface area (Å²) < 4.78 is 10.8. The van der Waals surface area contributed by atoms with Crippen molar-refractivity contribution in [1.82, 2.24) is 5.32 Å². The van der Waals surface area contributed by atoms with Crippen LogP contribution < -0.4 is 10.1 Å². The van der Waals surface area contributed by atoms with Gasteiger partial charge in [0.05, 0.1) is 0 Å². The molecule has 1 amide bonds.